The zero-order valence-electron chi connectivity index (χ0n) is 9.81. The second-order valence-electron chi connectivity index (χ2n) is 4.05. The van der Waals surface area contributed by atoms with Gasteiger partial charge in [-0.25, -0.2) is 0 Å². The van der Waals surface area contributed by atoms with Crippen LogP contribution in [0.15, 0.2) is 36.4 Å². The molecule has 0 spiro atoms. The van der Waals surface area contributed by atoms with Gasteiger partial charge in [0, 0.05) is 27.5 Å². The second kappa shape index (κ2) is 4.86. The van der Waals surface area contributed by atoms with Gasteiger partial charge in [0.05, 0.1) is 0 Å². The zero-order chi connectivity index (χ0) is 12.4. The molecule has 1 aromatic carbocycles. The summed E-state index contributed by atoms with van der Waals surface area (Å²) < 4.78 is 0. The fourth-order valence-electron chi connectivity index (χ4n) is 1.85. The van der Waals surface area contributed by atoms with E-state index >= 15 is 0 Å². The maximum absolute atomic E-state index is 10.3. The van der Waals surface area contributed by atoms with E-state index in [4.69, 9.17) is 11.6 Å². The molecule has 0 aliphatic heterocycles. The van der Waals surface area contributed by atoms with Crippen LogP contribution in [-0.4, -0.2) is 10.1 Å². The summed E-state index contributed by atoms with van der Waals surface area (Å²) in [6.07, 6.45) is -0.725. The summed E-state index contributed by atoms with van der Waals surface area (Å²) in [4.78, 5) is 4.35. The summed E-state index contributed by atoms with van der Waals surface area (Å²) in [6, 6.07) is 11.1. The minimum Gasteiger partial charge on any atom is -0.384 e. The van der Waals surface area contributed by atoms with Crippen molar-refractivity contribution < 1.29 is 5.11 Å². The highest BCUT2D eigenvalue weighted by atomic mass is 35.5. The molecule has 17 heavy (non-hydrogen) atoms. The molecule has 0 saturated heterocycles. The molecule has 2 aromatic rings. The van der Waals surface area contributed by atoms with E-state index in [2.05, 4.69) is 4.98 Å². The first kappa shape index (κ1) is 12.1. The van der Waals surface area contributed by atoms with Crippen LogP contribution >= 0.6 is 11.6 Å². The molecule has 1 atom stereocenters. The third kappa shape index (κ3) is 2.48. The van der Waals surface area contributed by atoms with Crippen molar-refractivity contribution in [2.24, 2.45) is 0 Å². The van der Waals surface area contributed by atoms with E-state index in [0.29, 0.717) is 10.6 Å². The van der Waals surface area contributed by atoms with Crippen molar-refractivity contribution in [2.75, 3.05) is 0 Å². The van der Waals surface area contributed by atoms with E-state index in [1.54, 1.807) is 6.07 Å². The standard InChI is InChI=1S/C14H14ClNO/c1-9-7-8-11(10(2)16-9)14(17)12-5-3-4-6-13(12)15/h3-8,14,17H,1-2H3. The molecule has 1 N–H and O–H groups in total. The largest absolute Gasteiger partial charge is 0.384 e. The van der Waals surface area contributed by atoms with E-state index in [9.17, 15) is 5.11 Å². The molecule has 2 nitrogen and oxygen atoms in total. The number of nitrogens with zero attached hydrogens (tertiary/aromatic N) is 1. The average molecular weight is 248 g/mol. The molecular weight excluding hydrogens is 234 g/mol. The predicted octanol–water partition coefficient (Wildman–Crippen LogP) is 3.43. The van der Waals surface area contributed by atoms with Crippen LogP contribution in [0.3, 0.4) is 0 Å². The Morgan fingerprint density at radius 2 is 1.76 bits per heavy atom. The number of hydrogen-bond donors (Lipinski definition) is 1. The van der Waals surface area contributed by atoms with Crippen molar-refractivity contribution in [3.8, 4) is 0 Å². The third-order valence-corrected chi connectivity index (χ3v) is 3.10. The molecule has 0 saturated carbocycles. The maximum Gasteiger partial charge on any atom is 0.107 e. The first-order chi connectivity index (χ1) is 8.09. The van der Waals surface area contributed by atoms with Gasteiger partial charge in [0.1, 0.15) is 6.10 Å². The molecule has 1 unspecified atom stereocenters. The molecule has 0 amide bonds. The van der Waals surface area contributed by atoms with Gasteiger partial charge >= 0.3 is 0 Å². The van der Waals surface area contributed by atoms with Gasteiger partial charge in [-0.3, -0.25) is 4.98 Å². The van der Waals surface area contributed by atoms with Gasteiger partial charge in [-0.1, -0.05) is 35.9 Å². The van der Waals surface area contributed by atoms with Gasteiger partial charge in [-0.2, -0.15) is 0 Å². The minimum absolute atomic E-state index is 0.569. The number of rotatable bonds is 2. The fraction of sp³-hybridized carbons (Fsp3) is 0.214. The first-order valence-electron chi connectivity index (χ1n) is 5.46. The average Bonchev–Trinajstić information content (AvgIpc) is 2.29. The van der Waals surface area contributed by atoms with E-state index in [1.165, 1.54) is 0 Å². The Morgan fingerprint density at radius 3 is 2.41 bits per heavy atom. The number of aromatic nitrogens is 1. The number of pyridine rings is 1. The summed E-state index contributed by atoms with van der Waals surface area (Å²) in [5.41, 5.74) is 3.28. The molecule has 0 aliphatic rings. The fourth-order valence-corrected chi connectivity index (χ4v) is 2.09. The van der Waals surface area contributed by atoms with Crippen molar-refractivity contribution in [2.45, 2.75) is 20.0 Å². The van der Waals surface area contributed by atoms with Crippen molar-refractivity contribution >= 4 is 11.6 Å². The SMILES string of the molecule is Cc1ccc(C(O)c2ccccc2Cl)c(C)n1. The molecule has 0 bridgehead atoms. The van der Waals surface area contributed by atoms with Crippen LogP contribution in [0.5, 0.6) is 0 Å². The lowest BCUT2D eigenvalue weighted by atomic mass is 10.0. The Hall–Kier alpha value is -1.38. The molecule has 3 heteroatoms. The zero-order valence-corrected chi connectivity index (χ0v) is 10.6. The van der Waals surface area contributed by atoms with Crippen molar-refractivity contribution in [1.82, 2.24) is 4.98 Å². The Labute approximate surface area is 106 Å². The van der Waals surface area contributed by atoms with Crippen LogP contribution in [0, 0.1) is 13.8 Å². The molecular formula is C14H14ClNO. The number of aliphatic hydroxyl groups is 1. The summed E-state index contributed by atoms with van der Waals surface area (Å²) in [5, 5.41) is 10.9. The van der Waals surface area contributed by atoms with Gasteiger partial charge < -0.3 is 5.11 Å². The molecule has 0 fully saturated rings. The van der Waals surface area contributed by atoms with Gasteiger partial charge in [0.15, 0.2) is 0 Å². The van der Waals surface area contributed by atoms with Crippen LogP contribution < -0.4 is 0 Å². The third-order valence-electron chi connectivity index (χ3n) is 2.76. The molecule has 1 heterocycles. The van der Waals surface area contributed by atoms with Crippen LogP contribution in [0.1, 0.15) is 28.6 Å². The summed E-state index contributed by atoms with van der Waals surface area (Å²) >= 11 is 6.07. The van der Waals surface area contributed by atoms with Crippen molar-refractivity contribution in [3.05, 3.63) is 63.9 Å². The molecule has 0 radical (unpaired) electrons. The van der Waals surface area contributed by atoms with Gasteiger partial charge in [-0.15, -0.1) is 0 Å². The highest BCUT2D eigenvalue weighted by Crippen LogP contribution is 2.29. The van der Waals surface area contributed by atoms with E-state index in [1.807, 2.05) is 44.2 Å². The Balaban J connectivity index is 2.44. The Bertz CT molecular complexity index is 539. The summed E-state index contributed by atoms with van der Waals surface area (Å²) in [7, 11) is 0. The highest BCUT2D eigenvalue weighted by molar-refractivity contribution is 6.31. The lowest BCUT2D eigenvalue weighted by Gasteiger charge is -2.15. The van der Waals surface area contributed by atoms with E-state index in [-0.39, 0.29) is 0 Å². The second-order valence-corrected chi connectivity index (χ2v) is 4.46. The molecule has 0 aliphatic carbocycles. The topological polar surface area (TPSA) is 33.1 Å². The molecule has 2 rings (SSSR count). The lowest BCUT2D eigenvalue weighted by Crippen LogP contribution is -2.04. The normalized spacial score (nSPS) is 12.5. The van der Waals surface area contributed by atoms with Crippen LogP contribution in [0.4, 0.5) is 0 Å². The quantitative estimate of drug-likeness (QED) is 0.882. The van der Waals surface area contributed by atoms with Gasteiger partial charge in [0.25, 0.3) is 0 Å². The van der Waals surface area contributed by atoms with Crippen LogP contribution in [0.2, 0.25) is 5.02 Å². The van der Waals surface area contributed by atoms with Crippen LogP contribution in [-0.2, 0) is 0 Å². The van der Waals surface area contributed by atoms with Gasteiger partial charge in [-0.05, 0) is 26.0 Å². The van der Waals surface area contributed by atoms with Crippen LogP contribution in [0.25, 0.3) is 0 Å². The summed E-state index contributed by atoms with van der Waals surface area (Å²) in [5.74, 6) is 0. The van der Waals surface area contributed by atoms with Crippen molar-refractivity contribution in [3.63, 3.8) is 0 Å². The monoisotopic (exact) mass is 247 g/mol. The number of halogens is 1. The van der Waals surface area contributed by atoms with Gasteiger partial charge in [0.2, 0.25) is 0 Å². The maximum atomic E-state index is 10.3. The van der Waals surface area contributed by atoms with E-state index in [0.717, 1.165) is 17.0 Å². The molecule has 88 valence electrons. The van der Waals surface area contributed by atoms with Crippen molar-refractivity contribution in [1.29, 1.82) is 0 Å². The lowest BCUT2D eigenvalue weighted by molar-refractivity contribution is 0.219. The smallest absolute Gasteiger partial charge is 0.107 e. The number of benzene rings is 1. The summed E-state index contributed by atoms with van der Waals surface area (Å²) in [6.45, 7) is 3.82. The Morgan fingerprint density at radius 1 is 1.06 bits per heavy atom. The highest BCUT2D eigenvalue weighted by Gasteiger charge is 2.15. The Kier molecular flexibility index (Phi) is 3.46. The predicted molar refractivity (Wildman–Crippen MR) is 69.2 cm³/mol. The molecule has 1 aromatic heterocycles. The minimum atomic E-state index is -0.725. The number of hydrogen-bond acceptors (Lipinski definition) is 2. The number of aliphatic hydroxyl groups excluding tert-OH is 1. The number of aryl methyl sites for hydroxylation is 2. The van der Waals surface area contributed by atoms with E-state index < -0.39 is 6.10 Å². The first-order valence-corrected chi connectivity index (χ1v) is 5.84.